The quantitative estimate of drug-likeness (QED) is 0.0346. The SMILES string of the molecule is CC[C@@H](c1cc(OC)c(OC)c(OC)c1)[NH+]([O-])N1CCC(c2c(CCCc3cccc(OCC(=O)NCCCCOc4cccc5c4C(O)N(C4CCC(=O)NC4=O)C5=O)c3)ccc(OC)c2OC)C[C@H]1C(=O)O. The largest absolute Gasteiger partial charge is 0.612 e. The number of carbonyl (C=O) groups is 5. The van der Waals surface area contributed by atoms with Crippen molar-refractivity contribution in [2.75, 3.05) is 61.9 Å². The first-order valence-corrected chi connectivity index (χ1v) is 24.9. The maximum Gasteiger partial charge on any atom is 0.326 e. The smallest absolute Gasteiger partial charge is 0.326 e. The summed E-state index contributed by atoms with van der Waals surface area (Å²) in [4.78, 5) is 64.2. The summed E-state index contributed by atoms with van der Waals surface area (Å²) in [5.74, 6) is -0.0651. The molecular weight excluding hydrogens is 959 g/mol. The van der Waals surface area contributed by atoms with E-state index < -0.39 is 48.0 Å². The van der Waals surface area contributed by atoms with Crippen LogP contribution >= 0.6 is 0 Å². The number of nitrogens with one attached hydrogen (secondary N) is 3. The van der Waals surface area contributed by atoms with Crippen LogP contribution in [0.4, 0.5) is 0 Å². The van der Waals surface area contributed by atoms with Crippen LogP contribution in [0.3, 0.4) is 0 Å². The molecule has 0 aliphatic carbocycles. The summed E-state index contributed by atoms with van der Waals surface area (Å²) in [5.41, 5.74) is 4.01. The fraction of sp³-hybridized carbons (Fsp3) is 0.463. The summed E-state index contributed by atoms with van der Waals surface area (Å²) >= 11 is 0. The topological polar surface area (TPSA) is 248 Å². The molecule has 7 rings (SSSR count). The third kappa shape index (κ3) is 12.1. The third-order valence-corrected chi connectivity index (χ3v) is 14.0. The number of fused-ring (bicyclic) bond motifs is 1. The molecule has 4 aromatic rings. The molecule has 0 bridgehead atoms. The first kappa shape index (κ1) is 54.6. The van der Waals surface area contributed by atoms with Crippen molar-refractivity contribution in [2.24, 2.45) is 0 Å². The van der Waals surface area contributed by atoms with Crippen molar-refractivity contribution in [3.8, 4) is 40.2 Å². The molecule has 5 N–H and O–H groups in total. The number of hydrogen-bond donors (Lipinski definition) is 5. The van der Waals surface area contributed by atoms with Gasteiger partial charge in [-0.15, -0.1) is 5.01 Å². The number of aliphatic hydroxyl groups is 1. The Balaban J connectivity index is 0.898. The third-order valence-electron chi connectivity index (χ3n) is 14.0. The van der Waals surface area contributed by atoms with Crippen molar-refractivity contribution in [1.82, 2.24) is 20.5 Å². The number of hydroxylamine groups is 1. The number of aliphatic carboxylic acids is 1. The predicted molar refractivity (Wildman–Crippen MR) is 269 cm³/mol. The number of carbonyl (C=O) groups excluding carboxylic acids is 4. The highest BCUT2D eigenvalue weighted by Crippen LogP contribution is 2.45. The van der Waals surface area contributed by atoms with Gasteiger partial charge in [0.15, 0.2) is 41.9 Å². The second kappa shape index (κ2) is 25.2. The Bertz CT molecular complexity index is 2640. The van der Waals surface area contributed by atoms with Crippen LogP contribution in [0.2, 0.25) is 0 Å². The van der Waals surface area contributed by atoms with E-state index >= 15 is 0 Å². The normalized spacial score (nSPS) is 19.5. The molecule has 74 heavy (non-hydrogen) atoms. The van der Waals surface area contributed by atoms with Crippen LogP contribution in [0.5, 0.6) is 40.2 Å². The highest BCUT2D eigenvalue weighted by Gasteiger charge is 2.46. The van der Waals surface area contributed by atoms with E-state index in [0.29, 0.717) is 90.9 Å². The van der Waals surface area contributed by atoms with Gasteiger partial charge in [0, 0.05) is 37.1 Å². The molecule has 0 saturated carbocycles. The molecule has 4 unspecified atom stereocenters. The Morgan fingerprint density at radius 3 is 2.23 bits per heavy atom. The lowest BCUT2D eigenvalue weighted by Crippen LogP contribution is -3.15. The molecule has 3 heterocycles. The second-order valence-corrected chi connectivity index (χ2v) is 18.4. The standard InChI is InChI=1S/C54H67N5O15/c1-7-38(35-29-43(69-3)49(71-5)44(30-35)70-4)59(67)57-25-23-34(28-40(57)54(65)66)47-33(19-21-42(68-2)50(47)72-6)15-10-13-32-14-11-16-36(27-32)74-31-46(61)55-24-8-9-26-73-41-18-12-17-37-48(41)53(64)58(52(37)63)39-20-22-45(60)56-51(39)62/h11-12,14,16-19,21,27,29-30,34,38-40,53,59,64H,7-10,13,15,20,22-26,28,31H2,1-6H3,(H,55,61)(H,65,66)(H,56,60,62)/t34?,38-,39?,40-,53?/m0/s1. The van der Waals surface area contributed by atoms with Gasteiger partial charge in [-0.25, -0.2) is 0 Å². The van der Waals surface area contributed by atoms with Gasteiger partial charge >= 0.3 is 5.97 Å². The number of aryl methyl sites for hydroxylation is 2. The van der Waals surface area contributed by atoms with Crippen molar-refractivity contribution in [2.45, 2.75) is 101 Å². The highest BCUT2D eigenvalue weighted by molar-refractivity contribution is 6.06. The molecule has 398 valence electrons. The van der Waals surface area contributed by atoms with E-state index in [9.17, 15) is 39.4 Å². The minimum Gasteiger partial charge on any atom is -0.612 e. The molecule has 2 saturated heterocycles. The summed E-state index contributed by atoms with van der Waals surface area (Å²) in [6.45, 7) is 2.52. The van der Waals surface area contributed by atoms with Gasteiger partial charge in [-0.2, -0.15) is 0 Å². The zero-order valence-corrected chi connectivity index (χ0v) is 42.7. The van der Waals surface area contributed by atoms with Gasteiger partial charge < -0.3 is 53.9 Å². The van der Waals surface area contributed by atoms with Crippen molar-refractivity contribution in [3.05, 3.63) is 105 Å². The summed E-state index contributed by atoms with van der Waals surface area (Å²) in [5, 5.41) is 42.4. The number of ether oxygens (including phenoxy) is 7. The number of carboxylic acid groups (broad SMARTS) is 1. The number of carboxylic acids is 1. The maximum absolute atomic E-state index is 14.4. The number of benzene rings is 4. The van der Waals surface area contributed by atoms with E-state index in [1.165, 1.54) is 26.3 Å². The van der Waals surface area contributed by atoms with E-state index in [0.717, 1.165) is 28.0 Å². The monoisotopic (exact) mass is 1030 g/mol. The molecule has 4 aromatic carbocycles. The molecule has 4 amide bonds. The number of amides is 4. The average Bonchev–Trinajstić information content (AvgIpc) is 3.66. The molecule has 3 aliphatic rings. The van der Waals surface area contributed by atoms with E-state index in [1.807, 2.05) is 37.3 Å². The van der Waals surface area contributed by atoms with Crippen molar-refractivity contribution in [1.29, 1.82) is 0 Å². The van der Waals surface area contributed by atoms with Gasteiger partial charge in [0.1, 0.15) is 23.6 Å². The second-order valence-electron chi connectivity index (χ2n) is 18.4. The van der Waals surface area contributed by atoms with Gasteiger partial charge in [-0.1, -0.05) is 31.2 Å². The summed E-state index contributed by atoms with van der Waals surface area (Å²) in [6, 6.07) is 17.0. The molecule has 20 nitrogen and oxygen atoms in total. The predicted octanol–water partition coefficient (Wildman–Crippen LogP) is 4.59. The number of aliphatic hydroxyl groups excluding tert-OH is 1. The summed E-state index contributed by atoms with van der Waals surface area (Å²) < 4.78 is 40.1. The fourth-order valence-electron chi connectivity index (χ4n) is 10.3. The lowest BCUT2D eigenvalue weighted by molar-refractivity contribution is -1.00. The number of rotatable bonds is 25. The van der Waals surface area contributed by atoms with Gasteiger partial charge in [0.25, 0.3) is 11.8 Å². The number of nitrogens with zero attached hydrogens (tertiary/aromatic N) is 2. The number of piperidine rings is 2. The highest BCUT2D eigenvalue weighted by atomic mass is 16.6. The van der Waals surface area contributed by atoms with Gasteiger partial charge in [-0.3, -0.25) is 39.4 Å². The number of hydrogen-bond acceptors (Lipinski definition) is 15. The Hall–Kier alpha value is -7.13. The van der Waals surface area contributed by atoms with E-state index in [1.54, 1.807) is 50.6 Å². The van der Waals surface area contributed by atoms with Crippen LogP contribution in [-0.4, -0.2) is 124 Å². The zero-order chi connectivity index (χ0) is 53.1. The molecule has 20 heteroatoms. The van der Waals surface area contributed by atoms with Crippen molar-refractivity contribution >= 4 is 29.6 Å². The molecule has 0 aromatic heterocycles. The summed E-state index contributed by atoms with van der Waals surface area (Å²) in [7, 11) is 7.64. The molecule has 6 atom stereocenters. The van der Waals surface area contributed by atoms with Crippen molar-refractivity contribution < 1.29 is 72.5 Å². The molecule has 3 aliphatic heterocycles. The van der Waals surface area contributed by atoms with Crippen LogP contribution in [-0.2, 0) is 32.0 Å². The number of quaternary nitrogens is 1. The van der Waals surface area contributed by atoms with Crippen LogP contribution in [0.25, 0.3) is 0 Å². The average molecular weight is 1030 g/mol. The van der Waals surface area contributed by atoms with E-state index in [-0.39, 0.29) is 67.1 Å². The van der Waals surface area contributed by atoms with Crippen molar-refractivity contribution in [3.63, 3.8) is 0 Å². The van der Waals surface area contributed by atoms with Crippen LogP contribution < -0.4 is 49.0 Å². The van der Waals surface area contributed by atoms with E-state index in [4.69, 9.17) is 33.2 Å². The number of methoxy groups -OCH3 is 5. The Morgan fingerprint density at radius 1 is 0.824 bits per heavy atom. The van der Waals surface area contributed by atoms with Gasteiger partial charge in [0.2, 0.25) is 17.6 Å². The first-order valence-electron chi connectivity index (χ1n) is 24.9. The zero-order valence-electron chi connectivity index (χ0n) is 42.7. The molecule has 0 spiro atoms. The molecular formula is C54H67N5O15. The lowest BCUT2D eigenvalue weighted by atomic mass is 9.81. The van der Waals surface area contributed by atoms with Crippen LogP contribution in [0.15, 0.2) is 66.7 Å². The first-order chi connectivity index (χ1) is 35.8. The van der Waals surface area contributed by atoms with Gasteiger partial charge in [-0.05, 0) is 111 Å². The Kier molecular flexibility index (Phi) is 18.6. The van der Waals surface area contributed by atoms with E-state index in [2.05, 4.69) is 10.6 Å². The number of unbranched alkanes of at least 4 members (excludes halogenated alkanes) is 1. The molecule has 2 fully saturated rings. The maximum atomic E-state index is 14.4. The lowest BCUT2D eigenvalue weighted by Gasteiger charge is -2.45. The van der Waals surface area contributed by atoms with Crippen LogP contribution in [0, 0.1) is 5.21 Å². The number of imide groups is 1. The minimum absolute atomic E-state index is 0.0631. The Labute approximate surface area is 430 Å². The Morgan fingerprint density at radius 2 is 1.55 bits per heavy atom. The fourth-order valence-corrected chi connectivity index (χ4v) is 10.3. The van der Waals surface area contributed by atoms with Crippen LogP contribution in [0.1, 0.15) is 115 Å². The summed E-state index contributed by atoms with van der Waals surface area (Å²) in [6.07, 6.45) is 3.05. The molecule has 0 radical (unpaired) electrons. The van der Waals surface area contributed by atoms with Gasteiger partial charge in [0.05, 0.1) is 53.3 Å². The minimum atomic E-state index is -1.41.